The van der Waals surface area contributed by atoms with Crippen LogP contribution in [0.2, 0.25) is 0 Å². The van der Waals surface area contributed by atoms with Crippen LogP contribution in [0.1, 0.15) is 18.2 Å². The number of hydrogen-bond donors (Lipinski definition) is 0. The van der Waals surface area contributed by atoms with Crippen molar-refractivity contribution in [2.45, 2.75) is 6.92 Å². The highest BCUT2D eigenvalue weighted by Crippen LogP contribution is 2.04. The fraction of sp³-hybridized carbons (Fsp3) is 0.222. The summed E-state index contributed by atoms with van der Waals surface area (Å²) >= 11 is 0. The molecule has 1 aromatic heterocycles. The quantitative estimate of drug-likeness (QED) is 0.503. The van der Waals surface area contributed by atoms with Gasteiger partial charge in [0, 0.05) is 6.20 Å². The highest BCUT2D eigenvalue weighted by Gasteiger charge is 2.05. The van der Waals surface area contributed by atoms with Gasteiger partial charge in [-0.1, -0.05) is 5.16 Å². The van der Waals surface area contributed by atoms with Crippen LogP contribution >= 0.6 is 0 Å². The minimum Gasteiger partial charge on any atom is -0.399 e. The molecule has 0 aliphatic carbocycles. The summed E-state index contributed by atoms with van der Waals surface area (Å²) in [6.07, 6.45) is 1.62. The number of oxime groups is 1. The lowest BCUT2D eigenvalue weighted by molar-refractivity contribution is 0.213. The van der Waals surface area contributed by atoms with Crippen molar-refractivity contribution in [3.05, 3.63) is 29.6 Å². The molecular weight excluding hydrogens is 166 g/mol. The lowest BCUT2D eigenvalue weighted by Gasteiger charge is -1.99. The van der Waals surface area contributed by atoms with E-state index in [9.17, 15) is 0 Å². The first-order valence-corrected chi connectivity index (χ1v) is 3.73. The molecule has 0 radical (unpaired) electrons. The Balaban J connectivity index is 3.15. The fourth-order valence-corrected chi connectivity index (χ4v) is 0.964. The maximum absolute atomic E-state index is 8.75. The van der Waals surface area contributed by atoms with Crippen molar-refractivity contribution in [3.63, 3.8) is 0 Å². The minimum absolute atomic E-state index is 0.501. The second kappa shape index (κ2) is 4.21. The lowest BCUT2D eigenvalue weighted by Crippen LogP contribution is -2.02. The topological polar surface area (TPSA) is 58.3 Å². The fourth-order valence-electron chi connectivity index (χ4n) is 0.964. The molecule has 0 aliphatic rings. The third-order valence-corrected chi connectivity index (χ3v) is 1.50. The highest BCUT2D eigenvalue weighted by atomic mass is 16.6. The largest absolute Gasteiger partial charge is 0.399 e. The summed E-state index contributed by atoms with van der Waals surface area (Å²) in [7, 11) is 1.46. The first-order valence-electron chi connectivity index (χ1n) is 3.73. The predicted octanol–water partition coefficient (Wildman–Crippen LogP) is 1.32. The van der Waals surface area contributed by atoms with Crippen LogP contribution in [0.5, 0.6) is 0 Å². The van der Waals surface area contributed by atoms with E-state index in [-0.39, 0.29) is 0 Å². The SMILES string of the molecule is CON=C(C)c1ncccc1C#N. The molecule has 4 nitrogen and oxygen atoms in total. The van der Waals surface area contributed by atoms with Crippen LogP contribution in [-0.4, -0.2) is 17.8 Å². The van der Waals surface area contributed by atoms with Crippen molar-refractivity contribution in [1.82, 2.24) is 4.98 Å². The number of aromatic nitrogens is 1. The number of nitrogens with zero attached hydrogens (tertiary/aromatic N) is 3. The van der Waals surface area contributed by atoms with Gasteiger partial charge >= 0.3 is 0 Å². The molecule has 0 aliphatic heterocycles. The van der Waals surface area contributed by atoms with E-state index in [2.05, 4.69) is 15.0 Å². The van der Waals surface area contributed by atoms with Crippen LogP contribution in [0.25, 0.3) is 0 Å². The number of pyridine rings is 1. The third-order valence-electron chi connectivity index (χ3n) is 1.50. The zero-order valence-electron chi connectivity index (χ0n) is 7.48. The van der Waals surface area contributed by atoms with Crippen LogP contribution in [0.4, 0.5) is 0 Å². The maximum atomic E-state index is 8.75. The molecule has 0 amide bonds. The van der Waals surface area contributed by atoms with Crippen LogP contribution in [0.15, 0.2) is 23.5 Å². The first-order chi connectivity index (χ1) is 6.29. The van der Waals surface area contributed by atoms with Gasteiger partial charge in [0.25, 0.3) is 0 Å². The Morgan fingerprint density at radius 3 is 3.08 bits per heavy atom. The molecule has 0 saturated carbocycles. The minimum atomic E-state index is 0.501. The van der Waals surface area contributed by atoms with Crippen LogP contribution < -0.4 is 0 Å². The summed E-state index contributed by atoms with van der Waals surface area (Å²) in [6.45, 7) is 1.74. The lowest BCUT2D eigenvalue weighted by atomic mass is 10.1. The Kier molecular flexibility index (Phi) is 2.98. The Labute approximate surface area is 76.5 Å². The van der Waals surface area contributed by atoms with Gasteiger partial charge in [-0.25, -0.2) is 0 Å². The van der Waals surface area contributed by atoms with Crippen LogP contribution in [0, 0.1) is 11.3 Å². The molecule has 0 bridgehead atoms. The molecule has 13 heavy (non-hydrogen) atoms. The molecular formula is C9H9N3O. The Morgan fingerprint density at radius 1 is 1.69 bits per heavy atom. The van der Waals surface area contributed by atoms with Gasteiger partial charge in [0.05, 0.1) is 5.56 Å². The van der Waals surface area contributed by atoms with E-state index < -0.39 is 0 Å². The van der Waals surface area contributed by atoms with Gasteiger partial charge in [-0.15, -0.1) is 0 Å². The molecule has 0 unspecified atom stereocenters. The molecule has 0 saturated heterocycles. The number of rotatable bonds is 2. The Morgan fingerprint density at radius 2 is 2.46 bits per heavy atom. The van der Waals surface area contributed by atoms with E-state index in [4.69, 9.17) is 5.26 Å². The predicted molar refractivity (Wildman–Crippen MR) is 48.2 cm³/mol. The number of hydrogen-bond acceptors (Lipinski definition) is 4. The molecule has 1 rings (SSSR count). The van der Waals surface area contributed by atoms with Crippen molar-refractivity contribution in [1.29, 1.82) is 5.26 Å². The summed E-state index contributed by atoms with van der Waals surface area (Å²) in [5.41, 5.74) is 1.66. The normalized spacial score (nSPS) is 10.7. The van der Waals surface area contributed by atoms with Crippen molar-refractivity contribution in [2.75, 3.05) is 7.11 Å². The van der Waals surface area contributed by atoms with Gasteiger partial charge in [-0.3, -0.25) is 4.98 Å². The standard InChI is InChI=1S/C9H9N3O/c1-7(12-13-2)9-8(6-10)4-3-5-11-9/h3-5H,1-2H3. The molecule has 0 fully saturated rings. The Bertz CT molecular complexity index is 365. The zero-order chi connectivity index (χ0) is 9.68. The van der Waals surface area contributed by atoms with Gasteiger partial charge in [0.2, 0.25) is 0 Å². The van der Waals surface area contributed by atoms with Gasteiger partial charge in [-0.05, 0) is 19.1 Å². The highest BCUT2D eigenvalue weighted by molar-refractivity contribution is 5.98. The molecule has 66 valence electrons. The van der Waals surface area contributed by atoms with Crippen molar-refractivity contribution < 1.29 is 4.84 Å². The molecule has 1 heterocycles. The summed E-state index contributed by atoms with van der Waals surface area (Å²) in [6, 6.07) is 5.44. The second-order valence-corrected chi connectivity index (χ2v) is 2.37. The summed E-state index contributed by atoms with van der Waals surface area (Å²) in [5, 5.41) is 12.5. The second-order valence-electron chi connectivity index (χ2n) is 2.37. The maximum Gasteiger partial charge on any atom is 0.106 e. The van der Waals surface area contributed by atoms with Gasteiger partial charge in [-0.2, -0.15) is 5.26 Å². The van der Waals surface area contributed by atoms with E-state index in [0.717, 1.165) is 0 Å². The number of nitriles is 1. The molecule has 0 spiro atoms. The third kappa shape index (κ3) is 2.03. The van der Waals surface area contributed by atoms with E-state index in [0.29, 0.717) is 17.0 Å². The average molecular weight is 175 g/mol. The monoisotopic (exact) mass is 175 g/mol. The van der Waals surface area contributed by atoms with Crippen molar-refractivity contribution in [2.24, 2.45) is 5.16 Å². The average Bonchev–Trinajstić information content (AvgIpc) is 2.18. The van der Waals surface area contributed by atoms with Crippen LogP contribution in [-0.2, 0) is 4.84 Å². The molecule has 4 heteroatoms. The van der Waals surface area contributed by atoms with Gasteiger partial charge < -0.3 is 4.84 Å². The van der Waals surface area contributed by atoms with Crippen LogP contribution in [0.3, 0.4) is 0 Å². The smallest absolute Gasteiger partial charge is 0.106 e. The van der Waals surface area contributed by atoms with E-state index in [1.165, 1.54) is 7.11 Å². The molecule has 0 atom stereocenters. The summed E-state index contributed by atoms with van der Waals surface area (Å²) in [5.74, 6) is 0. The van der Waals surface area contributed by atoms with E-state index >= 15 is 0 Å². The van der Waals surface area contributed by atoms with Gasteiger partial charge in [0.1, 0.15) is 24.6 Å². The summed E-state index contributed by atoms with van der Waals surface area (Å²) in [4.78, 5) is 8.63. The van der Waals surface area contributed by atoms with Crippen molar-refractivity contribution >= 4 is 5.71 Å². The van der Waals surface area contributed by atoms with E-state index in [1.807, 2.05) is 6.07 Å². The summed E-state index contributed by atoms with van der Waals surface area (Å²) < 4.78 is 0. The zero-order valence-corrected chi connectivity index (χ0v) is 7.48. The first kappa shape index (κ1) is 9.20. The Hall–Kier alpha value is -1.89. The molecule has 0 aromatic carbocycles. The molecule has 1 aromatic rings. The van der Waals surface area contributed by atoms with Crippen molar-refractivity contribution in [3.8, 4) is 6.07 Å². The van der Waals surface area contributed by atoms with E-state index in [1.54, 1.807) is 25.3 Å². The van der Waals surface area contributed by atoms with Gasteiger partial charge in [0.15, 0.2) is 0 Å². The molecule has 0 N–H and O–H groups in total.